The third-order valence-electron chi connectivity index (χ3n) is 4.35. The molecule has 0 fully saturated rings. The van der Waals surface area contributed by atoms with Crippen molar-refractivity contribution in [1.82, 2.24) is 15.5 Å². The van der Waals surface area contributed by atoms with E-state index in [0.717, 1.165) is 11.3 Å². The molecular weight excluding hydrogens is 468 g/mol. The van der Waals surface area contributed by atoms with E-state index in [1.807, 2.05) is 44.2 Å². The van der Waals surface area contributed by atoms with Crippen LogP contribution in [0.1, 0.15) is 24.2 Å². The Hall–Kier alpha value is -2.78. The number of methoxy groups -OCH3 is 1. The van der Waals surface area contributed by atoms with Gasteiger partial charge in [-0.3, -0.25) is 14.9 Å². The average molecular weight is 489 g/mol. The summed E-state index contributed by atoms with van der Waals surface area (Å²) in [6.45, 7) is 3.74. The number of amides is 2. The van der Waals surface area contributed by atoms with Crippen molar-refractivity contribution in [2.45, 2.75) is 19.9 Å². The Kier molecular flexibility index (Phi) is 7.17. The molecule has 1 atom stereocenters. The van der Waals surface area contributed by atoms with E-state index in [9.17, 15) is 9.59 Å². The molecule has 0 saturated heterocycles. The molecule has 0 bridgehead atoms. The van der Waals surface area contributed by atoms with Crippen LogP contribution in [0.3, 0.4) is 0 Å². The normalized spacial score (nSPS) is 11.8. The first-order chi connectivity index (χ1) is 14.4. The monoisotopic (exact) mass is 488 g/mol. The van der Waals surface area contributed by atoms with Gasteiger partial charge < -0.3 is 10.1 Å². The van der Waals surface area contributed by atoms with Crippen LogP contribution in [-0.2, 0) is 4.79 Å². The van der Waals surface area contributed by atoms with Crippen LogP contribution in [0.4, 0.5) is 5.13 Å². The van der Waals surface area contributed by atoms with Crippen LogP contribution in [0.5, 0.6) is 5.75 Å². The Balaban J connectivity index is 1.70. The minimum atomic E-state index is -0.724. The molecule has 30 heavy (non-hydrogen) atoms. The van der Waals surface area contributed by atoms with Crippen molar-refractivity contribution < 1.29 is 14.3 Å². The van der Waals surface area contributed by atoms with E-state index in [4.69, 9.17) is 4.74 Å². The first-order valence-corrected chi connectivity index (χ1v) is 10.8. The molecule has 1 heterocycles. The van der Waals surface area contributed by atoms with Crippen molar-refractivity contribution in [1.29, 1.82) is 0 Å². The van der Waals surface area contributed by atoms with Crippen LogP contribution < -0.4 is 15.4 Å². The molecule has 7 nitrogen and oxygen atoms in total. The van der Waals surface area contributed by atoms with E-state index in [1.165, 1.54) is 11.3 Å². The summed E-state index contributed by atoms with van der Waals surface area (Å²) in [6, 6.07) is 13.8. The highest BCUT2D eigenvalue weighted by molar-refractivity contribution is 9.10. The zero-order chi connectivity index (χ0) is 21.7. The molecule has 0 aliphatic heterocycles. The van der Waals surface area contributed by atoms with Crippen LogP contribution in [0.2, 0.25) is 0 Å². The number of halogens is 1. The number of carbonyl (C=O) groups excluding carboxylic acids is 2. The van der Waals surface area contributed by atoms with Gasteiger partial charge in [-0.25, -0.2) is 0 Å². The zero-order valence-corrected chi connectivity index (χ0v) is 19.1. The molecule has 0 aliphatic rings. The molecule has 0 aliphatic carbocycles. The first-order valence-electron chi connectivity index (χ1n) is 9.23. The van der Waals surface area contributed by atoms with Gasteiger partial charge in [0.15, 0.2) is 0 Å². The summed E-state index contributed by atoms with van der Waals surface area (Å²) in [4.78, 5) is 25.4. The lowest BCUT2D eigenvalue weighted by Gasteiger charge is -2.21. The molecule has 9 heteroatoms. The first kappa shape index (κ1) is 21.9. The third-order valence-corrected chi connectivity index (χ3v) is 5.93. The van der Waals surface area contributed by atoms with Crippen LogP contribution in [0.15, 0.2) is 53.0 Å². The van der Waals surface area contributed by atoms with E-state index in [-0.39, 0.29) is 17.7 Å². The lowest BCUT2D eigenvalue weighted by atomic mass is 10.0. The summed E-state index contributed by atoms with van der Waals surface area (Å²) in [5.74, 6) is -0.0434. The number of anilines is 1. The Morgan fingerprint density at radius 1 is 1.07 bits per heavy atom. The summed E-state index contributed by atoms with van der Waals surface area (Å²) < 4.78 is 5.82. The second-order valence-electron chi connectivity index (χ2n) is 6.81. The second kappa shape index (κ2) is 9.82. The number of aromatic nitrogens is 2. The van der Waals surface area contributed by atoms with Gasteiger partial charge in [0.1, 0.15) is 16.8 Å². The van der Waals surface area contributed by atoms with Crippen LogP contribution in [0, 0.1) is 5.92 Å². The lowest BCUT2D eigenvalue weighted by molar-refractivity contribution is -0.118. The Labute approximate surface area is 187 Å². The highest BCUT2D eigenvalue weighted by Crippen LogP contribution is 2.28. The van der Waals surface area contributed by atoms with Crippen LogP contribution >= 0.6 is 27.3 Å². The number of nitrogens with one attached hydrogen (secondary N) is 2. The molecule has 156 valence electrons. The second-order valence-corrected chi connectivity index (χ2v) is 8.64. The SMILES string of the molecule is COc1ccc(-c2nnc(NC(=O)C(NC(=O)c3ccccc3Br)C(C)C)s2)cc1. The number of hydrogen-bond donors (Lipinski definition) is 2. The van der Waals surface area contributed by atoms with Crippen molar-refractivity contribution in [3.05, 3.63) is 58.6 Å². The minimum absolute atomic E-state index is 0.120. The summed E-state index contributed by atoms with van der Waals surface area (Å²) >= 11 is 4.62. The van der Waals surface area contributed by atoms with Gasteiger partial charge in [-0.05, 0) is 58.2 Å². The topological polar surface area (TPSA) is 93.2 Å². The van der Waals surface area contributed by atoms with Gasteiger partial charge in [0.25, 0.3) is 5.91 Å². The predicted octanol–water partition coefficient (Wildman–Crippen LogP) is 4.37. The molecule has 0 saturated carbocycles. The maximum atomic E-state index is 12.8. The Bertz CT molecular complexity index is 1040. The molecule has 1 unspecified atom stereocenters. The third kappa shape index (κ3) is 5.22. The average Bonchev–Trinajstić information content (AvgIpc) is 3.20. The maximum absolute atomic E-state index is 12.8. The van der Waals surface area contributed by atoms with Gasteiger partial charge in [-0.2, -0.15) is 0 Å². The largest absolute Gasteiger partial charge is 0.497 e. The quantitative estimate of drug-likeness (QED) is 0.514. The van der Waals surface area contributed by atoms with Crippen molar-refractivity contribution in [3.8, 4) is 16.3 Å². The van der Waals surface area contributed by atoms with Gasteiger partial charge in [-0.15, -0.1) is 10.2 Å². The highest BCUT2D eigenvalue weighted by atomic mass is 79.9. The van der Waals surface area contributed by atoms with Crippen molar-refractivity contribution >= 4 is 44.2 Å². The fraction of sp³-hybridized carbons (Fsp3) is 0.238. The predicted molar refractivity (Wildman–Crippen MR) is 121 cm³/mol. The molecule has 0 spiro atoms. The molecular formula is C21H21BrN4O3S. The van der Waals surface area contributed by atoms with Gasteiger partial charge in [-0.1, -0.05) is 37.3 Å². The van der Waals surface area contributed by atoms with E-state index in [0.29, 0.717) is 20.2 Å². The molecule has 2 N–H and O–H groups in total. The number of ether oxygens (including phenoxy) is 1. The fourth-order valence-electron chi connectivity index (χ4n) is 2.71. The Morgan fingerprint density at radius 3 is 2.40 bits per heavy atom. The van der Waals surface area contributed by atoms with Gasteiger partial charge >= 0.3 is 0 Å². The molecule has 3 aromatic rings. The van der Waals surface area contributed by atoms with Gasteiger partial charge in [0, 0.05) is 10.0 Å². The molecule has 2 aromatic carbocycles. The number of nitrogens with zero attached hydrogens (tertiary/aromatic N) is 2. The molecule has 3 rings (SSSR count). The summed E-state index contributed by atoms with van der Waals surface area (Å²) in [5.41, 5.74) is 1.34. The number of rotatable bonds is 7. The minimum Gasteiger partial charge on any atom is -0.497 e. The summed E-state index contributed by atoms with van der Waals surface area (Å²) in [7, 11) is 1.61. The Morgan fingerprint density at radius 2 is 1.77 bits per heavy atom. The lowest BCUT2D eigenvalue weighted by Crippen LogP contribution is -2.47. The van der Waals surface area contributed by atoms with Crippen molar-refractivity contribution in [2.75, 3.05) is 12.4 Å². The zero-order valence-electron chi connectivity index (χ0n) is 16.7. The van der Waals surface area contributed by atoms with E-state index in [1.54, 1.807) is 25.3 Å². The van der Waals surface area contributed by atoms with Crippen molar-refractivity contribution in [3.63, 3.8) is 0 Å². The van der Waals surface area contributed by atoms with Crippen LogP contribution in [0.25, 0.3) is 10.6 Å². The standard InChI is InChI=1S/C21H21BrN4O3S/c1-12(2)17(23-18(27)15-6-4-5-7-16(15)22)19(28)24-21-26-25-20(30-21)13-8-10-14(29-3)11-9-13/h4-12,17H,1-3H3,(H,23,27)(H,24,26,28). The van der Waals surface area contributed by atoms with Crippen molar-refractivity contribution in [2.24, 2.45) is 5.92 Å². The van der Waals surface area contributed by atoms with Crippen LogP contribution in [-0.4, -0.2) is 35.2 Å². The van der Waals surface area contributed by atoms with E-state index < -0.39 is 6.04 Å². The number of benzene rings is 2. The van der Waals surface area contributed by atoms with E-state index in [2.05, 4.69) is 36.8 Å². The van der Waals surface area contributed by atoms with Gasteiger partial charge in [0.2, 0.25) is 11.0 Å². The summed E-state index contributed by atoms with van der Waals surface area (Å²) in [5, 5.41) is 14.8. The fourth-order valence-corrected chi connectivity index (χ4v) is 3.92. The smallest absolute Gasteiger partial charge is 0.253 e. The molecule has 2 amide bonds. The van der Waals surface area contributed by atoms with E-state index >= 15 is 0 Å². The molecule has 0 radical (unpaired) electrons. The number of carbonyl (C=O) groups is 2. The molecule has 1 aromatic heterocycles. The van der Waals surface area contributed by atoms with Gasteiger partial charge in [0.05, 0.1) is 12.7 Å². The maximum Gasteiger partial charge on any atom is 0.253 e. The number of hydrogen-bond acceptors (Lipinski definition) is 6. The highest BCUT2D eigenvalue weighted by Gasteiger charge is 2.26. The summed E-state index contributed by atoms with van der Waals surface area (Å²) in [6.07, 6.45) is 0.